The van der Waals surface area contributed by atoms with Gasteiger partial charge in [0.1, 0.15) is 17.8 Å². The zero-order chi connectivity index (χ0) is 18.9. The third kappa shape index (κ3) is 4.00. The molecule has 0 fully saturated rings. The van der Waals surface area contributed by atoms with Gasteiger partial charge < -0.3 is 14.6 Å². The van der Waals surface area contributed by atoms with E-state index in [9.17, 15) is 13.2 Å². The van der Waals surface area contributed by atoms with E-state index in [1.165, 1.54) is 12.4 Å². The Morgan fingerprint density at radius 1 is 1.22 bits per heavy atom. The number of halogens is 3. The van der Waals surface area contributed by atoms with Gasteiger partial charge in [-0.3, -0.25) is 0 Å². The van der Waals surface area contributed by atoms with Crippen LogP contribution in [0.5, 0.6) is 5.88 Å². The normalized spacial score (nSPS) is 15.1. The Morgan fingerprint density at radius 2 is 2.11 bits per heavy atom. The van der Waals surface area contributed by atoms with Gasteiger partial charge >= 0.3 is 6.18 Å². The molecule has 0 unspecified atom stereocenters. The van der Waals surface area contributed by atoms with E-state index in [2.05, 4.69) is 19.9 Å². The molecule has 0 bridgehead atoms. The Labute approximate surface area is 156 Å². The van der Waals surface area contributed by atoms with Crippen LogP contribution >= 0.6 is 11.8 Å². The quantitative estimate of drug-likeness (QED) is 0.726. The van der Waals surface area contributed by atoms with Crippen LogP contribution in [0.2, 0.25) is 0 Å². The highest BCUT2D eigenvalue weighted by Gasteiger charge is 2.29. The van der Waals surface area contributed by atoms with Crippen molar-refractivity contribution < 1.29 is 17.9 Å². The van der Waals surface area contributed by atoms with Crippen LogP contribution in [-0.4, -0.2) is 45.0 Å². The lowest BCUT2D eigenvalue weighted by molar-refractivity contribution is -0.154. The smallest absolute Gasteiger partial charge is 0.422 e. The number of H-pyrrole nitrogens is 1. The van der Waals surface area contributed by atoms with Gasteiger partial charge in [0.25, 0.3) is 0 Å². The molecule has 3 aromatic heterocycles. The van der Waals surface area contributed by atoms with Crippen LogP contribution < -0.4 is 9.64 Å². The molecule has 140 valence electrons. The Hall–Kier alpha value is -2.75. The summed E-state index contributed by atoms with van der Waals surface area (Å²) in [5.74, 6) is 1.18. The number of ether oxygens (including phenoxy) is 1. The maximum absolute atomic E-state index is 12.3. The van der Waals surface area contributed by atoms with Crippen molar-refractivity contribution in [3.8, 4) is 5.88 Å². The van der Waals surface area contributed by atoms with E-state index in [4.69, 9.17) is 4.74 Å². The number of pyridine rings is 1. The number of thioether (sulfide) groups is 1. The largest absolute Gasteiger partial charge is 0.468 e. The molecule has 0 amide bonds. The number of nitrogens with zero attached hydrogens (tertiary/aromatic N) is 4. The van der Waals surface area contributed by atoms with Crippen molar-refractivity contribution in [2.75, 3.05) is 23.8 Å². The molecule has 0 saturated heterocycles. The van der Waals surface area contributed by atoms with Crippen molar-refractivity contribution in [1.29, 1.82) is 0 Å². The van der Waals surface area contributed by atoms with E-state index < -0.39 is 12.8 Å². The topological polar surface area (TPSA) is 66.9 Å². The molecule has 0 radical (unpaired) electrons. The fourth-order valence-corrected chi connectivity index (χ4v) is 3.77. The van der Waals surface area contributed by atoms with Gasteiger partial charge in [0.2, 0.25) is 5.88 Å². The van der Waals surface area contributed by atoms with E-state index in [0.29, 0.717) is 12.4 Å². The predicted molar refractivity (Wildman–Crippen MR) is 97.5 cm³/mol. The van der Waals surface area contributed by atoms with Gasteiger partial charge in [-0.05, 0) is 12.1 Å². The number of fused-ring (bicyclic) bond motifs is 1. The maximum Gasteiger partial charge on any atom is 0.422 e. The summed E-state index contributed by atoms with van der Waals surface area (Å²) in [7, 11) is 0. The van der Waals surface area contributed by atoms with Gasteiger partial charge in [-0.15, -0.1) is 11.8 Å². The molecule has 0 aromatic carbocycles. The van der Waals surface area contributed by atoms with Crippen LogP contribution in [-0.2, 0) is 0 Å². The van der Waals surface area contributed by atoms with E-state index >= 15 is 0 Å². The molecule has 0 atom stereocenters. The summed E-state index contributed by atoms with van der Waals surface area (Å²) in [6.45, 7) is -0.714. The average molecular weight is 393 g/mol. The summed E-state index contributed by atoms with van der Waals surface area (Å²) < 4.78 is 41.7. The number of alkyl halides is 3. The van der Waals surface area contributed by atoms with Crippen LogP contribution in [0.1, 0.15) is 5.56 Å². The number of hydrogen-bond donors (Lipinski definition) is 1. The minimum Gasteiger partial charge on any atom is -0.468 e. The van der Waals surface area contributed by atoms with Gasteiger partial charge in [-0.25, -0.2) is 15.0 Å². The molecule has 10 heteroatoms. The minimum absolute atomic E-state index is 0.109. The summed E-state index contributed by atoms with van der Waals surface area (Å²) in [6, 6.07) is 5.32. The van der Waals surface area contributed by atoms with Crippen LogP contribution in [0.3, 0.4) is 0 Å². The van der Waals surface area contributed by atoms with Crippen molar-refractivity contribution in [3.05, 3.63) is 48.7 Å². The second-order valence-corrected chi connectivity index (χ2v) is 6.89. The van der Waals surface area contributed by atoms with E-state index in [1.54, 1.807) is 18.0 Å². The van der Waals surface area contributed by atoms with Crippen LogP contribution in [0.25, 0.3) is 15.9 Å². The van der Waals surface area contributed by atoms with Crippen LogP contribution in [0, 0.1) is 0 Å². The molecule has 1 N–H and O–H groups in total. The fourth-order valence-electron chi connectivity index (χ4n) is 2.72. The molecule has 0 aliphatic carbocycles. The molecule has 1 aliphatic rings. The zero-order valence-corrected chi connectivity index (χ0v) is 14.7. The number of hydrogen-bond acceptors (Lipinski definition) is 6. The second kappa shape index (κ2) is 7.10. The summed E-state index contributed by atoms with van der Waals surface area (Å²) in [5.41, 5.74) is 1.84. The van der Waals surface area contributed by atoms with Crippen molar-refractivity contribution >= 4 is 33.5 Å². The highest BCUT2D eigenvalue weighted by molar-refractivity contribution is 8.08. The third-order valence-corrected chi connectivity index (χ3v) is 4.92. The summed E-state index contributed by atoms with van der Waals surface area (Å²) >= 11 is 1.71. The Balaban J connectivity index is 1.61. The molecular formula is C17H14F3N5OS. The summed E-state index contributed by atoms with van der Waals surface area (Å²) in [4.78, 5) is 18.2. The van der Waals surface area contributed by atoms with Gasteiger partial charge in [-0.1, -0.05) is 0 Å². The molecule has 4 rings (SSSR count). The highest BCUT2D eigenvalue weighted by atomic mass is 32.2. The lowest BCUT2D eigenvalue weighted by atomic mass is 10.2. The Morgan fingerprint density at radius 3 is 2.96 bits per heavy atom. The number of rotatable bonds is 4. The second-order valence-electron chi connectivity index (χ2n) is 5.75. The number of aromatic amines is 1. The number of anilines is 1. The highest BCUT2D eigenvalue weighted by Crippen LogP contribution is 2.36. The molecule has 6 nitrogen and oxygen atoms in total. The van der Waals surface area contributed by atoms with Crippen molar-refractivity contribution in [3.63, 3.8) is 0 Å². The van der Waals surface area contributed by atoms with Crippen molar-refractivity contribution in [1.82, 2.24) is 19.9 Å². The van der Waals surface area contributed by atoms with E-state index in [-0.39, 0.29) is 5.88 Å². The van der Waals surface area contributed by atoms with Gasteiger partial charge in [-0.2, -0.15) is 13.2 Å². The first kappa shape index (κ1) is 17.7. The average Bonchev–Trinajstić information content (AvgIpc) is 3.15. The van der Waals surface area contributed by atoms with Crippen molar-refractivity contribution in [2.45, 2.75) is 6.18 Å². The summed E-state index contributed by atoms with van der Waals surface area (Å²) in [5, 5.41) is 1.01. The number of nitrogens with one attached hydrogen (secondary N) is 1. The lowest BCUT2D eigenvalue weighted by Gasteiger charge is -2.26. The summed E-state index contributed by atoms with van der Waals surface area (Å²) in [6.07, 6.45) is 2.30. The minimum atomic E-state index is -4.41. The Kier molecular flexibility index (Phi) is 4.65. The standard InChI is InChI=1S/C17H14F3N5OS/c18-17(19,20)9-26-15-7-14(23-10-24-15)25-5-6-27-13(8-25)11-1-3-21-16-12(11)2-4-22-16/h1-4,7-8,10H,5-6,9H2,(H,21,22). The number of aromatic nitrogens is 4. The SMILES string of the molecule is FC(F)(F)COc1cc(N2C=C(c3ccnc4[nH]ccc34)SCC2)ncn1. The van der Waals surface area contributed by atoms with E-state index in [1.807, 2.05) is 29.4 Å². The fraction of sp³-hybridized carbons (Fsp3) is 0.235. The van der Waals surface area contributed by atoms with Crippen molar-refractivity contribution in [2.24, 2.45) is 0 Å². The molecule has 0 spiro atoms. The molecule has 3 aromatic rings. The Bertz CT molecular complexity index is 988. The molecule has 27 heavy (non-hydrogen) atoms. The molecule has 4 heterocycles. The van der Waals surface area contributed by atoms with Gasteiger partial charge in [0, 0.05) is 52.8 Å². The first-order valence-corrected chi connectivity index (χ1v) is 9.03. The first-order chi connectivity index (χ1) is 13.0. The third-order valence-electron chi connectivity index (χ3n) is 3.89. The zero-order valence-electron chi connectivity index (χ0n) is 13.9. The lowest BCUT2D eigenvalue weighted by Crippen LogP contribution is -2.24. The van der Waals surface area contributed by atoms with Crippen LogP contribution in [0.4, 0.5) is 19.0 Å². The van der Waals surface area contributed by atoms with Crippen LogP contribution in [0.15, 0.2) is 43.1 Å². The molecular weight excluding hydrogens is 379 g/mol. The van der Waals surface area contributed by atoms with E-state index in [0.717, 1.165) is 27.3 Å². The molecule has 0 saturated carbocycles. The van der Waals surface area contributed by atoms with Gasteiger partial charge in [0.05, 0.1) is 0 Å². The monoisotopic (exact) mass is 393 g/mol. The maximum atomic E-state index is 12.3. The molecule has 1 aliphatic heterocycles. The first-order valence-electron chi connectivity index (χ1n) is 8.05. The predicted octanol–water partition coefficient (Wildman–Crippen LogP) is 3.85. The van der Waals surface area contributed by atoms with Gasteiger partial charge in [0.15, 0.2) is 6.61 Å².